The van der Waals surface area contributed by atoms with Gasteiger partial charge in [0.1, 0.15) is 11.2 Å². The molecule has 0 spiro atoms. The van der Waals surface area contributed by atoms with Gasteiger partial charge in [-0.15, -0.1) is 0 Å². The summed E-state index contributed by atoms with van der Waals surface area (Å²) in [6, 6.07) is 2.76. The number of aryl methyl sites for hydroxylation is 1. The van der Waals surface area contributed by atoms with Crippen molar-refractivity contribution in [1.82, 2.24) is 0 Å². The predicted octanol–water partition coefficient (Wildman–Crippen LogP) is 2.61. The standard InChI is InChI=1S/C12H15BrFN3O2/c1-6-4-7(13)8(14)5-9(6)16-11(18)12(2,3)10(15)17-19/h4-5,19H,1-3H3,(H2,15,17)(H,16,18). The Hall–Kier alpha value is -1.63. The van der Waals surface area contributed by atoms with Crippen LogP contribution < -0.4 is 11.1 Å². The first-order valence-corrected chi connectivity index (χ1v) is 6.24. The smallest absolute Gasteiger partial charge is 0.237 e. The molecule has 5 nitrogen and oxygen atoms in total. The number of amides is 1. The summed E-state index contributed by atoms with van der Waals surface area (Å²) in [5.74, 6) is -1.20. The van der Waals surface area contributed by atoms with E-state index in [0.29, 0.717) is 15.7 Å². The van der Waals surface area contributed by atoms with Crippen molar-refractivity contribution in [3.8, 4) is 0 Å². The number of oxime groups is 1. The molecule has 0 aromatic heterocycles. The highest BCUT2D eigenvalue weighted by Gasteiger charge is 2.33. The number of amidine groups is 1. The van der Waals surface area contributed by atoms with Crippen LogP contribution in [0.15, 0.2) is 21.8 Å². The summed E-state index contributed by atoms with van der Waals surface area (Å²) < 4.78 is 13.8. The Morgan fingerprint density at radius 2 is 2.11 bits per heavy atom. The minimum Gasteiger partial charge on any atom is -0.409 e. The number of rotatable bonds is 3. The van der Waals surface area contributed by atoms with E-state index >= 15 is 0 Å². The molecule has 1 aromatic carbocycles. The van der Waals surface area contributed by atoms with Gasteiger partial charge in [0.25, 0.3) is 0 Å². The predicted molar refractivity (Wildman–Crippen MR) is 74.7 cm³/mol. The number of halogens is 2. The van der Waals surface area contributed by atoms with Crippen molar-refractivity contribution in [3.05, 3.63) is 28.0 Å². The van der Waals surface area contributed by atoms with E-state index in [4.69, 9.17) is 10.9 Å². The fraction of sp³-hybridized carbons (Fsp3) is 0.333. The van der Waals surface area contributed by atoms with Gasteiger partial charge in [-0.25, -0.2) is 4.39 Å². The van der Waals surface area contributed by atoms with Gasteiger partial charge in [-0.05, 0) is 54.4 Å². The summed E-state index contributed by atoms with van der Waals surface area (Å²) in [6.07, 6.45) is 0. The molecule has 1 aromatic rings. The number of nitrogens with two attached hydrogens (primary N) is 1. The molecule has 19 heavy (non-hydrogen) atoms. The Labute approximate surface area is 118 Å². The zero-order valence-corrected chi connectivity index (χ0v) is 12.4. The van der Waals surface area contributed by atoms with Gasteiger partial charge >= 0.3 is 0 Å². The molecule has 0 radical (unpaired) electrons. The molecule has 7 heteroatoms. The van der Waals surface area contributed by atoms with E-state index in [9.17, 15) is 9.18 Å². The molecular formula is C12H15BrFN3O2. The maximum atomic E-state index is 13.4. The highest BCUT2D eigenvalue weighted by Crippen LogP contribution is 2.26. The quantitative estimate of drug-likeness (QED) is 0.344. The summed E-state index contributed by atoms with van der Waals surface area (Å²) in [5.41, 5.74) is 5.28. The Balaban J connectivity index is 3.04. The Morgan fingerprint density at radius 3 is 2.63 bits per heavy atom. The molecule has 0 atom stereocenters. The number of nitrogens with one attached hydrogen (secondary N) is 1. The SMILES string of the molecule is Cc1cc(Br)c(F)cc1NC(=O)C(C)(C)/C(N)=N/O. The van der Waals surface area contributed by atoms with E-state index in [-0.39, 0.29) is 5.84 Å². The largest absolute Gasteiger partial charge is 0.409 e. The lowest BCUT2D eigenvalue weighted by Gasteiger charge is -2.22. The summed E-state index contributed by atoms with van der Waals surface area (Å²) in [5, 5.41) is 14.0. The number of hydrogen-bond donors (Lipinski definition) is 3. The van der Waals surface area contributed by atoms with E-state index in [1.54, 1.807) is 13.0 Å². The van der Waals surface area contributed by atoms with Crippen LogP contribution in [0.2, 0.25) is 0 Å². The van der Waals surface area contributed by atoms with Crippen LogP contribution in [-0.2, 0) is 4.79 Å². The monoisotopic (exact) mass is 331 g/mol. The number of carbonyl (C=O) groups is 1. The fourth-order valence-corrected chi connectivity index (χ4v) is 1.76. The van der Waals surface area contributed by atoms with Crippen LogP contribution in [0.5, 0.6) is 0 Å². The molecule has 1 rings (SSSR count). The molecule has 0 aliphatic carbocycles. The number of anilines is 1. The lowest BCUT2D eigenvalue weighted by molar-refractivity contribution is -0.121. The highest BCUT2D eigenvalue weighted by molar-refractivity contribution is 9.10. The van der Waals surface area contributed by atoms with Crippen molar-refractivity contribution in [3.63, 3.8) is 0 Å². The van der Waals surface area contributed by atoms with Gasteiger partial charge < -0.3 is 16.3 Å². The van der Waals surface area contributed by atoms with Crippen molar-refractivity contribution >= 4 is 33.4 Å². The summed E-state index contributed by atoms with van der Waals surface area (Å²) in [7, 11) is 0. The lowest BCUT2D eigenvalue weighted by atomic mass is 9.90. The molecule has 0 fully saturated rings. The van der Waals surface area contributed by atoms with Gasteiger partial charge in [0.2, 0.25) is 5.91 Å². The zero-order chi connectivity index (χ0) is 14.8. The average molecular weight is 332 g/mol. The van der Waals surface area contributed by atoms with Crippen molar-refractivity contribution in [2.75, 3.05) is 5.32 Å². The van der Waals surface area contributed by atoms with Crippen LogP contribution in [0.25, 0.3) is 0 Å². The Kier molecular flexibility index (Phi) is 4.52. The third-order valence-electron chi connectivity index (χ3n) is 2.83. The van der Waals surface area contributed by atoms with Crippen LogP contribution in [-0.4, -0.2) is 17.0 Å². The van der Waals surface area contributed by atoms with Crippen molar-refractivity contribution in [2.24, 2.45) is 16.3 Å². The zero-order valence-electron chi connectivity index (χ0n) is 10.8. The second-order valence-corrected chi connectivity index (χ2v) is 5.50. The van der Waals surface area contributed by atoms with Crippen LogP contribution in [0.1, 0.15) is 19.4 Å². The molecule has 4 N–H and O–H groups in total. The number of benzene rings is 1. The van der Waals surface area contributed by atoms with Crippen molar-refractivity contribution in [2.45, 2.75) is 20.8 Å². The molecule has 0 saturated carbocycles. The van der Waals surface area contributed by atoms with Gasteiger partial charge in [-0.1, -0.05) is 5.16 Å². The van der Waals surface area contributed by atoms with Crippen molar-refractivity contribution in [1.29, 1.82) is 0 Å². The lowest BCUT2D eigenvalue weighted by Crippen LogP contribution is -2.42. The molecule has 0 aliphatic rings. The number of nitrogens with zero attached hydrogens (tertiary/aromatic N) is 1. The maximum Gasteiger partial charge on any atom is 0.237 e. The third kappa shape index (κ3) is 3.23. The second-order valence-electron chi connectivity index (χ2n) is 4.65. The second kappa shape index (κ2) is 5.56. The summed E-state index contributed by atoms with van der Waals surface area (Å²) >= 11 is 3.06. The molecule has 0 saturated heterocycles. The van der Waals surface area contributed by atoms with E-state index < -0.39 is 17.1 Å². The fourth-order valence-electron chi connectivity index (χ4n) is 1.30. The molecule has 0 bridgehead atoms. The topological polar surface area (TPSA) is 87.7 Å². The average Bonchev–Trinajstić information content (AvgIpc) is 2.34. The van der Waals surface area contributed by atoms with Gasteiger partial charge in [-0.3, -0.25) is 4.79 Å². The third-order valence-corrected chi connectivity index (χ3v) is 3.44. The normalized spacial score (nSPS) is 12.4. The molecule has 0 unspecified atom stereocenters. The van der Waals surface area contributed by atoms with Crippen LogP contribution in [0, 0.1) is 18.2 Å². The highest BCUT2D eigenvalue weighted by atomic mass is 79.9. The Morgan fingerprint density at radius 1 is 1.53 bits per heavy atom. The van der Waals surface area contributed by atoms with E-state index in [1.807, 2.05) is 0 Å². The summed E-state index contributed by atoms with van der Waals surface area (Å²) in [4.78, 5) is 12.1. The first-order valence-electron chi connectivity index (χ1n) is 5.45. The minimum absolute atomic E-state index is 0.222. The van der Waals surface area contributed by atoms with Gasteiger partial charge in [0.15, 0.2) is 5.84 Å². The van der Waals surface area contributed by atoms with Crippen LogP contribution in [0.4, 0.5) is 10.1 Å². The number of hydrogen-bond acceptors (Lipinski definition) is 3. The van der Waals surface area contributed by atoms with Crippen LogP contribution >= 0.6 is 15.9 Å². The van der Waals surface area contributed by atoms with Crippen molar-refractivity contribution < 1.29 is 14.4 Å². The Bertz CT molecular complexity index is 544. The minimum atomic E-state index is -1.20. The first-order chi connectivity index (χ1) is 8.70. The van der Waals surface area contributed by atoms with Crippen LogP contribution in [0.3, 0.4) is 0 Å². The molecule has 104 valence electrons. The first kappa shape index (κ1) is 15.4. The molecule has 0 heterocycles. The van der Waals surface area contributed by atoms with E-state index in [0.717, 1.165) is 0 Å². The van der Waals surface area contributed by atoms with E-state index in [1.165, 1.54) is 19.9 Å². The summed E-state index contributed by atoms with van der Waals surface area (Å²) in [6.45, 7) is 4.74. The maximum absolute atomic E-state index is 13.4. The van der Waals surface area contributed by atoms with Gasteiger partial charge in [0, 0.05) is 5.69 Å². The molecule has 1 amide bonds. The van der Waals surface area contributed by atoms with Gasteiger partial charge in [0.05, 0.1) is 4.47 Å². The van der Waals surface area contributed by atoms with E-state index in [2.05, 4.69) is 26.4 Å². The van der Waals surface area contributed by atoms with Gasteiger partial charge in [-0.2, -0.15) is 0 Å². The molecular weight excluding hydrogens is 317 g/mol. The molecule has 0 aliphatic heterocycles. The number of carbonyl (C=O) groups excluding carboxylic acids is 1.